The minimum Gasteiger partial charge on any atom is -0.311 e. The molecule has 3 nitrogen and oxygen atoms in total. The molecule has 0 aliphatic carbocycles. The van der Waals surface area contributed by atoms with Crippen LogP contribution in [0.1, 0.15) is 33.4 Å². The molecule has 3 heteroatoms. The van der Waals surface area contributed by atoms with Crippen LogP contribution in [0.4, 0.5) is 51.2 Å². The molecule has 0 spiro atoms. The SMILES string of the molecule is Cc1ccc(N2c3ccccc3C(c3ccc(N(c4ccccc4)c4ccccc4)cc3)(c3ccc(N(c4ccccc4)c4ccccc4)cc3)c3cc(C)ccc32)cc1. The van der Waals surface area contributed by atoms with E-state index in [1.807, 2.05) is 0 Å². The summed E-state index contributed by atoms with van der Waals surface area (Å²) in [6, 6.07) is 86.0. The van der Waals surface area contributed by atoms with Gasteiger partial charge >= 0.3 is 0 Å². The summed E-state index contributed by atoms with van der Waals surface area (Å²) in [4.78, 5) is 7.11. The summed E-state index contributed by atoms with van der Waals surface area (Å²) in [6.07, 6.45) is 0. The molecule has 0 bridgehead atoms. The Balaban J connectivity index is 1.21. The van der Waals surface area contributed by atoms with Gasteiger partial charge < -0.3 is 14.7 Å². The molecule has 1 heterocycles. The first-order valence-electron chi connectivity index (χ1n) is 20.7. The summed E-state index contributed by atoms with van der Waals surface area (Å²) in [5.41, 5.74) is 16.8. The molecule has 0 unspecified atom stereocenters. The molecular formula is C57H45N3. The zero-order valence-corrected chi connectivity index (χ0v) is 33.9. The molecule has 60 heavy (non-hydrogen) atoms. The Kier molecular flexibility index (Phi) is 9.55. The van der Waals surface area contributed by atoms with Crippen molar-refractivity contribution in [2.24, 2.45) is 0 Å². The third-order valence-corrected chi connectivity index (χ3v) is 11.8. The molecule has 0 N–H and O–H groups in total. The van der Waals surface area contributed by atoms with E-state index >= 15 is 0 Å². The first kappa shape index (κ1) is 36.7. The lowest BCUT2D eigenvalue weighted by molar-refractivity contribution is 0.730. The van der Waals surface area contributed by atoms with Gasteiger partial charge in [-0.1, -0.05) is 151 Å². The highest BCUT2D eigenvalue weighted by atomic mass is 15.2. The Bertz CT molecular complexity index is 2650. The number of rotatable bonds is 9. The van der Waals surface area contributed by atoms with Crippen molar-refractivity contribution >= 4 is 51.2 Å². The van der Waals surface area contributed by atoms with Gasteiger partial charge in [0.2, 0.25) is 0 Å². The number of benzene rings is 9. The van der Waals surface area contributed by atoms with Crippen molar-refractivity contribution in [1.82, 2.24) is 0 Å². The van der Waals surface area contributed by atoms with E-state index in [-0.39, 0.29) is 0 Å². The molecule has 0 saturated heterocycles. The average Bonchev–Trinajstić information content (AvgIpc) is 3.31. The lowest BCUT2D eigenvalue weighted by Gasteiger charge is -2.47. The van der Waals surface area contributed by atoms with Gasteiger partial charge in [0.25, 0.3) is 0 Å². The van der Waals surface area contributed by atoms with E-state index in [9.17, 15) is 0 Å². The number of anilines is 9. The monoisotopic (exact) mass is 771 g/mol. The smallest absolute Gasteiger partial charge is 0.0742 e. The van der Waals surface area contributed by atoms with Crippen LogP contribution in [0.15, 0.2) is 237 Å². The summed E-state index contributed by atoms with van der Waals surface area (Å²) < 4.78 is 0. The summed E-state index contributed by atoms with van der Waals surface area (Å²) in [7, 11) is 0. The number of para-hydroxylation sites is 5. The van der Waals surface area contributed by atoms with Crippen LogP contribution in [0, 0.1) is 13.8 Å². The van der Waals surface area contributed by atoms with Gasteiger partial charge in [0.05, 0.1) is 16.8 Å². The van der Waals surface area contributed by atoms with Gasteiger partial charge in [-0.3, -0.25) is 0 Å². The van der Waals surface area contributed by atoms with E-state index in [1.165, 1.54) is 39.1 Å². The number of aryl methyl sites for hydroxylation is 2. The van der Waals surface area contributed by atoms with E-state index in [1.54, 1.807) is 0 Å². The number of hydrogen-bond donors (Lipinski definition) is 0. The molecule has 1 aliphatic heterocycles. The molecule has 0 atom stereocenters. The van der Waals surface area contributed by atoms with Crippen LogP contribution in [0.25, 0.3) is 0 Å². The maximum absolute atomic E-state index is 2.45. The highest BCUT2D eigenvalue weighted by Crippen LogP contribution is 2.58. The van der Waals surface area contributed by atoms with Gasteiger partial charge in [-0.05, 0) is 133 Å². The Morgan fingerprint density at radius 2 is 0.683 bits per heavy atom. The van der Waals surface area contributed by atoms with Crippen molar-refractivity contribution < 1.29 is 0 Å². The normalized spacial score (nSPS) is 12.6. The second-order valence-electron chi connectivity index (χ2n) is 15.6. The van der Waals surface area contributed by atoms with Crippen LogP contribution in [0.3, 0.4) is 0 Å². The largest absolute Gasteiger partial charge is 0.311 e. The van der Waals surface area contributed by atoms with Crippen molar-refractivity contribution in [3.63, 3.8) is 0 Å². The highest BCUT2D eigenvalue weighted by Gasteiger charge is 2.46. The molecule has 10 rings (SSSR count). The minimum atomic E-state index is -0.662. The Morgan fingerprint density at radius 1 is 0.317 bits per heavy atom. The lowest BCUT2D eigenvalue weighted by Crippen LogP contribution is -2.38. The second kappa shape index (κ2) is 15.6. The molecule has 0 saturated carbocycles. The number of hydrogen-bond acceptors (Lipinski definition) is 3. The molecule has 0 fully saturated rings. The van der Waals surface area contributed by atoms with Gasteiger partial charge in [0.1, 0.15) is 0 Å². The van der Waals surface area contributed by atoms with Gasteiger partial charge in [0, 0.05) is 39.8 Å². The molecule has 0 aromatic heterocycles. The van der Waals surface area contributed by atoms with Crippen LogP contribution >= 0.6 is 0 Å². The highest BCUT2D eigenvalue weighted by molar-refractivity contribution is 5.90. The predicted molar refractivity (Wildman–Crippen MR) is 252 cm³/mol. The fourth-order valence-corrected chi connectivity index (χ4v) is 9.09. The molecular weight excluding hydrogens is 727 g/mol. The maximum atomic E-state index is 2.45. The Morgan fingerprint density at radius 3 is 1.13 bits per heavy atom. The van der Waals surface area contributed by atoms with E-state index in [2.05, 4.69) is 265 Å². The second-order valence-corrected chi connectivity index (χ2v) is 15.6. The first-order valence-corrected chi connectivity index (χ1v) is 20.7. The van der Waals surface area contributed by atoms with Crippen molar-refractivity contribution in [3.05, 3.63) is 270 Å². The van der Waals surface area contributed by atoms with Crippen molar-refractivity contribution in [3.8, 4) is 0 Å². The lowest BCUT2D eigenvalue weighted by atomic mass is 9.62. The summed E-state index contributed by atoms with van der Waals surface area (Å²) in [5, 5.41) is 0. The quantitative estimate of drug-likeness (QED) is 0.145. The van der Waals surface area contributed by atoms with Crippen molar-refractivity contribution in [2.75, 3.05) is 14.7 Å². The predicted octanol–water partition coefficient (Wildman–Crippen LogP) is 15.4. The van der Waals surface area contributed by atoms with Crippen LogP contribution in [-0.2, 0) is 5.41 Å². The topological polar surface area (TPSA) is 9.72 Å². The van der Waals surface area contributed by atoms with E-state index in [4.69, 9.17) is 0 Å². The molecule has 0 amide bonds. The van der Waals surface area contributed by atoms with Gasteiger partial charge in [-0.2, -0.15) is 0 Å². The molecule has 9 aromatic carbocycles. The minimum absolute atomic E-state index is 0.662. The Hall–Kier alpha value is -7.62. The summed E-state index contributed by atoms with van der Waals surface area (Å²) in [6.45, 7) is 4.36. The van der Waals surface area contributed by atoms with Crippen LogP contribution in [0.2, 0.25) is 0 Å². The van der Waals surface area contributed by atoms with Crippen LogP contribution < -0.4 is 14.7 Å². The van der Waals surface area contributed by atoms with E-state index in [0.29, 0.717) is 0 Å². The third-order valence-electron chi connectivity index (χ3n) is 11.8. The maximum Gasteiger partial charge on any atom is 0.0742 e. The summed E-state index contributed by atoms with van der Waals surface area (Å²) >= 11 is 0. The molecule has 1 aliphatic rings. The van der Waals surface area contributed by atoms with Gasteiger partial charge in [0.15, 0.2) is 0 Å². The zero-order chi connectivity index (χ0) is 40.5. The van der Waals surface area contributed by atoms with Crippen molar-refractivity contribution in [1.29, 1.82) is 0 Å². The standard InChI is InChI=1S/C57H45N3/c1-42-27-34-52(35-28-42)60-55-26-16-15-25-53(55)57(54-41-43(2)29-40-56(54)60,44-30-36-50(37-31-44)58(46-17-7-3-8-18-46)47-19-9-4-10-20-47)45-32-38-51(39-33-45)59(48-21-11-5-12-22-48)49-23-13-6-14-24-49/h3-41H,1-2H3. The average molecular weight is 772 g/mol. The number of fused-ring (bicyclic) bond motifs is 2. The number of nitrogens with zero attached hydrogens (tertiary/aromatic N) is 3. The third kappa shape index (κ3) is 6.42. The van der Waals surface area contributed by atoms with Gasteiger partial charge in [-0.15, -0.1) is 0 Å². The van der Waals surface area contributed by atoms with Gasteiger partial charge in [-0.25, -0.2) is 0 Å². The fourth-order valence-electron chi connectivity index (χ4n) is 9.09. The fraction of sp³-hybridized carbons (Fsp3) is 0.0526. The molecule has 0 radical (unpaired) electrons. The molecule has 288 valence electrons. The Labute approximate surface area is 353 Å². The summed E-state index contributed by atoms with van der Waals surface area (Å²) in [5.74, 6) is 0. The van der Waals surface area contributed by atoms with Crippen LogP contribution in [0.5, 0.6) is 0 Å². The van der Waals surface area contributed by atoms with E-state index < -0.39 is 5.41 Å². The molecule has 9 aromatic rings. The van der Waals surface area contributed by atoms with Crippen LogP contribution in [-0.4, -0.2) is 0 Å². The zero-order valence-electron chi connectivity index (χ0n) is 33.9. The first-order chi connectivity index (χ1) is 29.6. The van der Waals surface area contributed by atoms with Crippen molar-refractivity contribution in [2.45, 2.75) is 19.3 Å². The van der Waals surface area contributed by atoms with E-state index in [0.717, 1.165) is 45.5 Å².